The van der Waals surface area contributed by atoms with Crippen molar-refractivity contribution in [2.75, 3.05) is 0 Å². The van der Waals surface area contributed by atoms with E-state index in [2.05, 4.69) is 511 Å². The summed E-state index contributed by atoms with van der Waals surface area (Å²) in [5, 5.41) is 26.9. The third-order valence-electron chi connectivity index (χ3n) is 28.7. The summed E-state index contributed by atoms with van der Waals surface area (Å²) < 4.78 is 0. The quantitative estimate of drug-likeness (QED) is 0.151. The Morgan fingerprint density at radius 2 is 0.358 bits per heavy atom. The lowest BCUT2D eigenvalue weighted by Gasteiger charge is -2.20. The molecule has 0 saturated carbocycles. The summed E-state index contributed by atoms with van der Waals surface area (Å²) in [6.07, 6.45) is 3.29. The van der Waals surface area contributed by atoms with E-state index >= 15 is 0 Å². The molecule has 0 bridgehead atoms. The van der Waals surface area contributed by atoms with Crippen molar-refractivity contribution in [3.05, 3.63) is 523 Å². The van der Waals surface area contributed by atoms with Crippen molar-refractivity contribution in [3.8, 4) is 55.6 Å². The highest BCUT2D eigenvalue weighted by molar-refractivity contribution is 6.25. The van der Waals surface area contributed by atoms with Gasteiger partial charge >= 0.3 is 0 Å². The van der Waals surface area contributed by atoms with E-state index < -0.39 is 0 Å². The van der Waals surface area contributed by atoms with Crippen LogP contribution in [0.1, 0.15) is 122 Å². The molecule has 0 aromatic heterocycles. The second kappa shape index (κ2) is 39.3. The maximum Gasteiger partial charge on any atom is -0.00130 e. The van der Waals surface area contributed by atoms with Gasteiger partial charge in [-0.05, 0) is 377 Å². The van der Waals surface area contributed by atoms with Crippen molar-refractivity contribution in [1.82, 2.24) is 0 Å². The lowest BCUT2D eigenvalue weighted by atomic mass is 9.83. The number of benzene rings is 23. The van der Waals surface area contributed by atoms with Crippen molar-refractivity contribution in [2.45, 2.75) is 130 Å². The molecule has 0 amide bonds. The van der Waals surface area contributed by atoms with Crippen LogP contribution >= 0.6 is 0 Å². The van der Waals surface area contributed by atoms with Crippen LogP contribution in [0.2, 0.25) is 0 Å². The van der Waals surface area contributed by atoms with Crippen molar-refractivity contribution in [1.29, 1.82) is 0 Å². The zero-order chi connectivity index (χ0) is 94.8. The molecule has 0 fully saturated rings. The molecule has 0 heterocycles. The van der Waals surface area contributed by atoms with Crippen LogP contribution in [0.4, 0.5) is 0 Å². The van der Waals surface area contributed by atoms with Crippen LogP contribution in [-0.2, 0) is 19.3 Å². The third kappa shape index (κ3) is 18.5. The van der Waals surface area contributed by atoms with Gasteiger partial charge in [0, 0.05) is 0 Å². The number of aryl methyl sites for hydroxylation is 16. The fourth-order valence-corrected chi connectivity index (χ4v) is 21.6. The SMILES string of the molecule is Cc1c2ccccc2c(-c2c3ccccc3c(C)c3ccccc23)c2ccccc12.Cc1ccc(-c2ccc(C)c3ccccc23)c2ccccc12.Cc1ccc(C)c2ccccc12.Cc1ccc2c(c1)-c1cc(C)ccc1C2.Cc1ccc2c(c1)Cc1cc(C)c3ccccc3c1-2.Cc1ccc2c(c1)Cc1cc(C)ccc1-2.Cc1ccc2cc(C)ccc2c1.Cc1cccc2c(C)cccc12. The molecule has 23 aromatic rings. The summed E-state index contributed by atoms with van der Waals surface area (Å²) in [5.41, 5.74) is 44.4. The Balaban J connectivity index is 0.000000102. The fourth-order valence-electron chi connectivity index (χ4n) is 21.6. The second-order valence-corrected chi connectivity index (χ2v) is 38.6. The first-order valence-corrected chi connectivity index (χ1v) is 48.7. The Morgan fingerprint density at radius 3 is 0.723 bits per heavy atom. The smallest absolute Gasteiger partial charge is 0.00130 e. The molecule has 0 spiro atoms. The average molecular weight is 1770 g/mol. The van der Waals surface area contributed by atoms with Crippen LogP contribution < -0.4 is 0 Å². The molecule has 0 heteroatoms. The largest absolute Gasteiger partial charge is 0.0616 e. The van der Waals surface area contributed by atoms with E-state index in [-0.39, 0.29) is 0 Å². The van der Waals surface area contributed by atoms with Crippen LogP contribution in [0, 0.1) is 111 Å². The van der Waals surface area contributed by atoms with Gasteiger partial charge in [0.15, 0.2) is 0 Å². The molecule has 23 aromatic carbocycles. The Bertz CT molecular complexity index is 8030. The predicted octanol–water partition coefficient (Wildman–Crippen LogP) is 38.0. The van der Waals surface area contributed by atoms with E-state index in [0.29, 0.717) is 0 Å². The molecule has 0 atom stereocenters. The van der Waals surface area contributed by atoms with E-state index in [4.69, 9.17) is 0 Å². The van der Waals surface area contributed by atoms with E-state index in [1.165, 1.54) is 286 Å². The molecule has 0 aliphatic heterocycles. The van der Waals surface area contributed by atoms with Gasteiger partial charge in [0.2, 0.25) is 0 Å². The molecule has 3 aliphatic rings. The summed E-state index contributed by atoms with van der Waals surface area (Å²) in [6, 6.07) is 146. The van der Waals surface area contributed by atoms with E-state index in [0.717, 1.165) is 19.3 Å². The van der Waals surface area contributed by atoms with Gasteiger partial charge in [-0.2, -0.15) is 0 Å². The van der Waals surface area contributed by atoms with Gasteiger partial charge in [-0.25, -0.2) is 0 Å². The number of rotatable bonds is 2. The summed E-state index contributed by atoms with van der Waals surface area (Å²) >= 11 is 0. The van der Waals surface area contributed by atoms with Crippen molar-refractivity contribution < 1.29 is 0 Å². The van der Waals surface area contributed by atoms with Crippen molar-refractivity contribution >= 4 is 108 Å². The summed E-state index contributed by atoms with van der Waals surface area (Å²) in [5.74, 6) is 0. The molecule has 668 valence electrons. The Kier molecular flexibility index (Phi) is 26.1. The molecule has 137 heavy (non-hydrogen) atoms. The number of hydrogen-bond donors (Lipinski definition) is 0. The monoisotopic (exact) mass is 1760 g/mol. The second-order valence-electron chi connectivity index (χ2n) is 38.6. The first-order valence-electron chi connectivity index (χ1n) is 48.7. The van der Waals surface area contributed by atoms with Crippen molar-refractivity contribution in [3.63, 3.8) is 0 Å². The van der Waals surface area contributed by atoms with Crippen LogP contribution in [0.5, 0.6) is 0 Å². The van der Waals surface area contributed by atoms with Gasteiger partial charge in [-0.15, -0.1) is 0 Å². The molecule has 0 nitrogen and oxygen atoms in total. The maximum atomic E-state index is 2.37. The molecule has 0 unspecified atom stereocenters. The lowest BCUT2D eigenvalue weighted by molar-refractivity contribution is 1.24. The Morgan fingerprint density at radius 1 is 0.124 bits per heavy atom. The van der Waals surface area contributed by atoms with Crippen LogP contribution in [0.15, 0.2) is 400 Å². The maximum absolute atomic E-state index is 2.37. The molecule has 0 saturated heterocycles. The minimum atomic E-state index is 1.08. The Labute approximate surface area is 810 Å². The van der Waals surface area contributed by atoms with Gasteiger partial charge in [-0.1, -0.05) is 439 Å². The third-order valence-corrected chi connectivity index (χ3v) is 28.7. The van der Waals surface area contributed by atoms with E-state index in [1.807, 2.05) is 0 Å². The highest BCUT2D eigenvalue weighted by Crippen LogP contribution is 2.49. The Hall–Kier alpha value is -15.3. The lowest BCUT2D eigenvalue weighted by Crippen LogP contribution is -1.93. The predicted molar refractivity (Wildman–Crippen MR) is 598 cm³/mol. The van der Waals surface area contributed by atoms with Gasteiger partial charge in [0.1, 0.15) is 0 Å². The van der Waals surface area contributed by atoms with Crippen LogP contribution in [0.25, 0.3) is 163 Å². The fraction of sp³-hybridized carbons (Fsp3) is 0.139. The van der Waals surface area contributed by atoms with Gasteiger partial charge < -0.3 is 0 Å². The molecule has 0 N–H and O–H groups in total. The minimum absolute atomic E-state index is 1.08. The zero-order valence-corrected chi connectivity index (χ0v) is 82.2. The summed E-state index contributed by atoms with van der Waals surface area (Å²) in [7, 11) is 0. The molecule has 26 rings (SSSR count). The number of fused-ring (bicyclic) bond motifs is 20. The average Bonchev–Trinajstić information content (AvgIpc) is 1.70. The van der Waals surface area contributed by atoms with Crippen molar-refractivity contribution in [2.24, 2.45) is 0 Å². The molecular formula is C137H120. The number of hydrogen-bond acceptors (Lipinski definition) is 0. The van der Waals surface area contributed by atoms with Gasteiger partial charge in [-0.3, -0.25) is 0 Å². The first-order chi connectivity index (χ1) is 66.5. The highest BCUT2D eigenvalue weighted by Gasteiger charge is 2.25. The minimum Gasteiger partial charge on any atom is -0.0616 e. The summed E-state index contributed by atoms with van der Waals surface area (Å²) in [6.45, 7) is 34.8. The van der Waals surface area contributed by atoms with E-state index in [1.54, 1.807) is 0 Å². The van der Waals surface area contributed by atoms with Gasteiger partial charge in [0.25, 0.3) is 0 Å². The first kappa shape index (κ1) is 90.8. The summed E-state index contributed by atoms with van der Waals surface area (Å²) in [4.78, 5) is 0. The normalized spacial score (nSPS) is 11.6. The van der Waals surface area contributed by atoms with Crippen LogP contribution in [0.3, 0.4) is 0 Å². The van der Waals surface area contributed by atoms with Gasteiger partial charge in [0.05, 0.1) is 0 Å². The van der Waals surface area contributed by atoms with E-state index in [9.17, 15) is 0 Å². The highest BCUT2D eigenvalue weighted by atomic mass is 14.3. The molecule has 0 radical (unpaired) electrons. The zero-order valence-electron chi connectivity index (χ0n) is 82.2. The van der Waals surface area contributed by atoms with Crippen LogP contribution in [-0.4, -0.2) is 0 Å². The topological polar surface area (TPSA) is 0 Å². The molecule has 3 aliphatic carbocycles. The molecular weight excluding hydrogens is 1650 g/mol. The standard InChI is InChI=1S/C30H22.C22H18.C19H16.2C15H14.3C12H12/c1-19-21-11-3-7-15-25(21)29(26-16-8-4-12-22(19)26)30-27-17-9-5-13-23(27)20(2)24-14-6-10-18-28(24)30;1-15-11-13-21(19-9-5-3-7-17(15)19)22-14-12-16(2)18-8-4-6-10-20(18)22;1-12-7-8-17-14(9-12)11-15-10-13(2)16-5-3-4-6-18(16)19(15)17;1-10-3-5-14-12(7-10)9-13-8-11(2)4-6-15(13)14;1-10-3-5-12-9-13-6-4-11(2)8-15(13)14(12)7-10;1-9-3-5-12-8-10(2)4-6-11(12)7-9;1-9-5-3-8-12-10(2)6-4-7-11(9)12;1-9-7-8-10(2)12-6-4-3-5-11(9)12/h3-18H,1-2H3;3-14H,1-2H3;3-10H,11H2,1-2H3;2*3-8H,9H2,1-2H3;3*3-8H,1-2H3.